The monoisotopic (exact) mass is 292 g/mol. The van der Waals surface area contributed by atoms with Crippen molar-refractivity contribution < 1.29 is 9.90 Å². The van der Waals surface area contributed by atoms with Gasteiger partial charge in [0.15, 0.2) is 5.13 Å². The summed E-state index contributed by atoms with van der Waals surface area (Å²) in [6, 6.07) is 0. The highest BCUT2D eigenvalue weighted by Crippen LogP contribution is 2.61. The molecular weight excluding hydrogens is 272 g/mol. The fourth-order valence-electron chi connectivity index (χ4n) is 5.12. The molecular formula is C15H20N2O2S. The molecule has 1 aromatic heterocycles. The Labute approximate surface area is 122 Å². The van der Waals surface area contributed by atoms with Crippen LogP contribution in [-0.4, -0.2) is 21.6 Å². The standard InChI is InChI=1S/C15H20N2O2S/c1-9-7-16-13(20-9)17-12(18)14-3-10-2-11(4-14)6-15(19,5-10)8-14/h7,10-11,19H,2-6,8H2,1H3,(H,16,17,18)/t10-,11-,14?,15?/m1/s1. The van der Waals surface area contributed by atoms with E-state index in [0.29, 0.717) is 23.4 Å². The Morgan fingerprint density at radius 3 is 2.65 bits per heavy atom. The number of carbonyl (C=O) groups excluding carboxylic acids is 1. The summed E-state index contributed by atoms with van der Waals surface area (Å²) >= 11 is 1.51. The van der Waals surface area contributed by atoms with Crippen molar-refractivity contribution in [3.8, 4) is 0 Å². The van der Waals surface area contributed by atoms with E-state index in [1.165, 1.54) is 17.8 Å². The molecule has 5 heteroatoms. The maximum absolute atomic E-state index is 12.8. The minimum Gasteiger partial charge on any atom is -0.390 e. The first-order valence-electron chi connectivity index (χ1n) is 7.43. The first-order chi connectivity index (χ1) is 9.46. The van der Waals surface area contributed by atoms with Crippen LogP contribution >= 0.6 is 11.3 Å². The van der Waals surface area contributed by atoms with Gasteiger partial charge in [-0.25, -0.2) is 4.98 Å². The second-order valence-corrected chi connectivity index (χ2v) is 8.43. The third kappa shape index (κ3) is 1.91. The summed E-state index contributed by atoms with van der Waals surface area (Å²) in [6.07, 6.45) is 7.32. The number of thiazole rings is 1. The number of anilines is 1. The van der Waals surface area contributed by atoms with Crippen LogP contribution in [0.15, 0.2) is 6.20 Å². The lowest BCUT2D eigenvalue weighted by atomic mass is 9.47. The maximum atomic E-state index is 12.8. The largest absolute Gasteiger partial charge is 0.390 e. The molecule has 0 spiro atoms. The Bertz CT molecular complexity index is 554. The summed E-state index contributed by atoms with van der Waals surface area (Å²) in [5, 5.41) is 14.4. The van der Waals surface area contributed by atoms with E-state index >= 15 is 0 Å². The number of nitrogens with zero attached hydrogens (tertiary/aromatic N) is 1. The first-order valence-corrected chi connectivity index (χ1v) is 8.24. The SMILES string of the molecule is Cc1cnc(NC(=O)C23C[C@H]4C[C@@H](CC(O)(C4)C2)C3)s1. The highest BCUT2D eigenvalue weighted by atomic mass is 32.1. The van der Waals surface area contributed by atoms with Gasteiger partial charge in [0.25, 0.3) is 0 Å². The zero-order valence-electron chi connectivity index (χ0n) is 11.7. The Hall–Kier alpha value is -0.940. The molecule has 1 heterocycles. The van der Waals surface area contributed by atoms with Gasteiger partial charge in [0.1, 0.15) is 0 Å². The molecule has 108 valence electrons. The Morgan fingerprint density at radius 2 is 2.10 bits per heavy atom. The third-order valence-corrected chi connectivity index (χ3v) is 6.18. The third-order valence-electron chi connectivity index (χ3n) is 5.35. The van der Waals surface area contributed by atoms with Gasteiger partial charge in [0.2, 0.25) is 5.91 Å². The van der Waals surface area contributed by atoms with Gasteiger partial charge < -0.3 is 10.4 Å². The van der Waals surface area contributed by atoms with Crippen LogP contribution in [0.25, 0.3) is 0 Å². The summed E-state index contributed by atoms with van der Waals surface area (Å²) in [5.74, 6) is 1.15. The zero-order chi connectivity index (χ0) is 14.0. The number of aliphatic hydroxyl groups is 1. The zero-order valence-corrected chi connectivity index (χ0v) is 12.5. The summed E-state index contributed by atoms with van der Waals surface area (Å²) in [7, 11) is 0. The van der Waals surface area contributed by atoms with E-state index in [1.807, 2.05) is 6.92 Å². The van der Waals surface area contributed by atoms with Crippen molar-refractivity contribution in [2.45, 2.75) is 51.0 Å². The molecule has 1 aromatic rings. The molecule has 20 heavy (non-hydrogen) atoms. The highest BCUT2D eigenvalue weighted by molar-refractivity contribution is 7.15. The number of carbonyl (C=O) groups is 1. The van der Waals surface area contributed by atoms with Gasteiger partial charge >= 0.3 is 0 Å². The van der Waals surface area contributed by atoms with Crippen molar-refractivity contribution in [3.63, 3.8) is 0 Å². The van der Waals surface area contributed by atoms with Crippen LogP contribution in [0.3, 0.4) is 0 Å². The van der Waals surface area contributed by atoms with Gasteiger partial charge in [-0.2, -0.15) is 0 Å². The molecule has 4 aliphatic rings. The Morgan fingerprint density at radius 1 is 1.40 bits per heavy atom. The number of aryl methyl sites for hydroxylation is 1. The summed E-state index contributed by atoms with van der Waals surface area (Å²) in [5.41, 5.74) is -0.932. The normalized spacial score (nSPS) is 41.9. The van der Waals surface area contributed by atoms with E-state index in [1.54, 1.807) is 6.20 Å². The van der Waals surface area contributed by atoms with Crippen molar-refractivity contribution in [1.82, 2.24) is 4.98 Å². The summed E-state index contributed by atoms with van der Waals surface area (Å²) in [4.78, 5) is 18.1. The van der Waals surface area contributed by atoms with E-state index < -0.39 is 5.60 Å². The second kappa shape index (κ2) is 4.04. The number of aromatic nitrogens is 1. The maximum Gasteiger partial charge on any atom is 0.232 e. The molecule has 0 unspecified atom stereocenters. The molecule has 4 nitrogen and oxygen atoms in total. The molecule has 5 rings (SSSR count). The van der Waals surface area contributed by atoms with E-state index in [-0.39, 0.29) is 11.3 Å². The fourth-order valence-corrected chi connectivity index (χ4v) is 5.78. The van der Waals surface area contributed by atoms with Crippen LogP contribution in [0.5, 0.6) is 0 Å². The van der Waals surface area contributed by atoms with Crippen molar-refractivity contribution in [2.24, 2.45) is 17.3 Å². The fraction of sp³-hybridized carbons (Fsp3) is 0.733. The summed E-state index contributed by atoms with van der Waals surface area (Å²) in [6.45, 7) is 1.99. The molecule has 2 atom stereocenters. The first kappa shape index (κ1) is 12.8. The molecule has 2 N–H and O–H groups in total. The van der Waals surface area contributed by atoms with Crippen LogP contribution in [0, 0.1) is 24.2 Å². The topological polar surface area (TPSA) is 62.2 Å². The minimum absolute atomic E-state index is 0.0828. The van der Waals surface area contributed by atoms with E-state index in [2.05, 4.69) is 10.3 Å². The van der Waals surface area contributed by atoms with Crippen molar-refractivity contribution in [2.75, 3.05) is 5.32 Å². The molecule has 0 aliphatic heterocycles. The molecule has 4 aliphatic carbocycles. The Balaban J connectivity index is 1.59. The van der Waals surface area contributed by atoms with Crippen LogP contribution in [-0.2, 0) is 4.79 Å². The van der Waals surface area contributed by atoms with Gasteiger partial charge in [0, 0.05) is 11.1 Å². The van der Waals surface area contributed by atoms with Gasteiger partial charge in [-0.15, -0.1) is 11.3 Å². The molecule has 4 saturated carbocycles. The number of hydrogen-bond acceptors (Lipinski definition) is 4. The molecule has 4 bridgehead atoms. The molecule has 4 fully saturated rings. The van der Waals surface area contributed by atoms with Crippen LogP contribution in [0.1, 0.15) is 43.4 Å². The van der Waals surface area contributed by atoms with Crippen molar-refractivity contribution in [3.05, 3.63) is 11.1 Å². The summed E-state index contributed by atoms with van der Waals surface area (Å²) < 4.78 is 0. The lowest BCUT2D eigenvalue weighted by Crippen LogP contribution is -2.59. The smallest absolute Gasteiger partial charge is 0.232 e. The number of rotatable bonds is 2. The van der Waals surface area contributed by atoms with Gasteiger partial charge in [-0.1, -0.05) is 0 Å². The molecule has 1 amide bonds. The minimum atomic E-state index is -0.583. The van der Waals surface area contributed by atoms with Crippen LogP contribution in [0.4, 0.5) is 5.13 Å². The average Bonchev–Trinajstić information content (AvgIpc) is 2.71. The van der Waals surface area contributed by atoms with Crippen molar-refractivity contribution >= 4 is 22.4 Å². The predicted octanol–water partition coefficient (Wildman–Crippen LogP) is 2.72. The number of amides is 1. The molecule has 0 radical (unpaired) electrons. The van der Waals surface area contributed by atoms with E-state index in [9.17, 15) is 9.90 Å². The van der Waals surface area contributed by atoms with E-state index in [4.69, 9.17) is 0 Å². The van der Waals surface area contributed by atoms with Crippen molar-refractivity contribution in [1.29, 1.82) is 0 Å². The van der Waals surface area contributed by atoms with E-state index in [0.717, 1.165) is 30.6 Å². The predicted molar refractivity (Wildman–Crippen MR) is 77.5 cm³/mol. The number of hydrogen-bond donors (Lipinski definition) is 2. The van der Waals surface area contributed by atoms with Gasteiger partial charge in [0.05, 0.1) is 11.0 Å². The molecule has 0 saturated heterocycles. The quantitative estimate of drug-likeness (QED) is 0.881. The lowest BCUT2D eigenvalue weighted by molar-refractivity contribution is -0.174. The highest BCUT2D eigenvalue weighted by Gasteiger charge is 2.60. The van der Waals surface area contributed by atoms with Crippen LogP contribution in [0.2, 0.25) is 0 Å². The van der Waals surface area contributed by atoms with Gasteiger partial charge in [-0.05, 0) is 57.3 Å². The van der Waals surface area contributed by atoms with Crippen LogP contribution < -0.4 is 5.32 Å². The average molecular weight is 292 g/mol. The Kier molecular flexibility index (Phi) is 2.58. The second-order valence-electron chi connectivity index (χ2n) is 7.20. The lowest BCUT2D eigenvalue weighted by Gasteiger charge is -2.59. The number of nitrogens with one attached hydrogen (secondary N) is 1. The van der Waals surface area contributed by atoms with Gasteiger partial charge in [-0.3, -0.25) is 4.79 Å². The molecule has 0 aromatic carbocycles.